The molecule has 6 rings (SSSR count). The summed E-state index contributed by atoms with van der Waals surface area (Å²) in [6.45, 7) is 11.9. The molecule has 1 amide bonds. The largest absolute Gasteiger partial charge is 0.491 e. The average molecular weight is 591 g/mol. The minimum absolute atomic E-state index is 0.0480. The lowest BCUT2D eigenvalue weighted by Crippen LogP contribution is -2.42. The maximum absolute atomic E-state index is 13.1. The predicted octanol–water partition coefficient (Wildman–Crippen LogP) is 4.41. The van der Waals surface area contributed by atoms with E-state index >= 15 is 0 Å². The van der Waals surface area contributed by atoms with Crippen LogP contribution in [0.3, 0.4) is 0 Å². The highest BCUT2D eigenvalue weighted by Gasteiger charge is 2.32. The summed E-state index contributed by atoms with van der Waals surface area (Å²) < 4.78 is 28.4. The molecule has 12 heteroatoms. The van der Waals surface area contributed by atoms with Gasteiger partial charge in [-0.3, -0.25) is 4.90 Å². The van der Waals surface area contributed by atoms with Crippen molar-refractivity contribution in [2.75, 3.05) is 61.2 Å². The lowest BCUT2D eigenvalue weighted by atomic mass is 10.0. The molecule has 1 saturated heterocycles. The van der Waals surface area contributed by atoms with E-state index in [1.54, 1.807) is 4.90 Å². The maximum Gasteiger partial charge on any atom is 0.415 e. The van der Waals surface area contributed by atoms with Crippen LogP contribution in [0, 0.1) is 6.92 Å². The van der Waals surface area contributed by atoms with E-state index < -0.39 is 11.7 Å². The second kappa shape index (κ2) is 12.2. The zero-order valence-electron chi connectivity index (χ0n) is 25.1. The van der Waals surface area contributed by atoms with Crippen molar-refractivity contribution >= 4 is 29.1 Å². The average Bonchev–Trinajstić information content (AvgIpc) is 3.00. The number of hydrogen-bond acceptors (Lipinski definition) is 11. The van der Waals surface area contributed by atoms with Gasteiger partial charge in [0.25, 0.3) is 0 Å². The van der Waals surface area contributed by atoms with E-state index in [0.717, 1.165) is 46.9 Å². The molecule has 43 heavy (non-hydrogen) atoms. The zero-order valence-corrected chi connectivity index (χ0v) is 25.1. The van der Waals surface area contributed by atoms with Crippen LogP contribution in [0.2, 0.25) is 0 Å². The summed E-state index contributed by atoms with van der Waals surface area (Å²) in [5.74, 6) is 1.72. The van der Waals surface area contributed by atoms with Crippen molar-refractivity contribution in [1.29, 1.82) is 0 Å². The Kier molecular flexibility index (Phi) is 8.22. The maximum atomic E-state index is 13.1. The minimum Gasteiger partial charge on any atom is -0.491 e. The molecule has 0 radical (unpaired) electrons. The molecule has 1 fully saturated rings. The third-order valence-corrected chi connectivity index (χ3v) is 7.40. The van der Waals surface area contributed by atoms with Gasteiger partial charge in [-0.1, -0.05) is 0 Å². The van der Waals surface area contributed by atoms with Crippen LogP contribution in [-0.4, -0.2) is 78.9 Å². The van der Waals surface area contributed by atoms with E-state index in [-0.39, 0.29) is 6.10 Å². The van der Waals surface area contributed by atoms with Crippen LogP contribution in [0.25, 0.3) is 0 Å². The van der Waals surface area contributed by atoms with Crippen molar-refractivity contribution in [3.05, 3.63) is 53.5 Å². The van der Waals surface area contributed by atoms with Crippen LogP contribution in [-0.2, 0) is 27.2 Å². The molecule has 0 bridgehead atoms. The number of nitrogens with zero attached hydrogens (tertiary/aromatic N) is 5. The van der Waals surface area contributed by atoms with E-state index in [1.165, 1.54) is 0 Å². The second-order valence-corrected chi connectivity index (χ2v) is 11.8. The molecule has 1 aromatic carbocycles. The molecule has 0 saturated carbocycles. The number of hydrogen-bond donors (Lipinski definition) is 1. The Balaban J connectivity index is 1.14. The molecule has 5 heterocycles. The SMILES string of the molecule is Cc1c(N2CCc3cnc(Nc4ccc(OC[C@@H]5COCCO5)cc4)nc3C2)cnc2c1N(C(=O)OC(C)(C)C)CCO2. The molecule has 1 N–H and O–H groups in total. The molecule has 3 aliphatic heterocycles. The molecule has 0 spiro atoms. The number of carbonyl (C=O) groups excluding carboxylic acids is 1. The Morgan fingerprint density at radius 3 is 2.70 bits per heavy atom. The number of ether oxygens (including phenoxy) is 5. The fraction of sp³-hybridized carbons (Fsp3) is 0.484. The van der Waals surface area contributed by atoms with Gasteiger partial charge in [0.15, 0.2) is 0 Å². The smallest absolute Gasteiger partial charge is 0.415 e. The van der Waals surface area contributed by atoms with Gasteiger partial charge in [0.1, 0.15) is 36.4 Å². The fourth-order valence-corrected chi connectivity index (χ4v) is 5.30. The fourth-order valence-electron chi connectivity index (χ4n) is 5.30. The minimum atomic E-state index is -0.605. The highest BCUT2D eigenvalue weighted by molar-refractivity contribution is 5.92. The molecular weight excluding hydrogens is 552 g/mol. The zero-order chi connectivity index (χ0) is 30.0. The van der Waals surface area contributed by atoms with Crippen molar-refractivity contribution < 1.29 is 28.5 Å². The Morgan fingerprint density at radius 1 is 1.09 bits per heavy atom. The van der Waals surface area contributed by atoms with Crippen molar-refractivity contribution in [1.82, 2.24) is 15.0 Å². The molecule has 0 unspecified atom stereocenters. The molecule has 228 valence electrons. The van der Waals surface area contributed by atoms with Gasteiger partial charge in [0.05, 0.1) is 50.5 Å². The monoisotopic (exact) mass is 590 g/mol. The summed E-state index contributed by atoms with van der Waals surface area (Å²) in [4.78, 5) is 30.9. The van der Waals surface area contributed by atoms with Gasteiger partial charge < -0.3 is 33.9 Å². The number of nitrogens with one attached hydrogen (secondary N) is 1. The molecule has 1 atom stereocenters. The number of amides is 1. The first-order valence-electron chi connectivity index (χ1n) is 14.7. The van der Waals surface area contributed by atoms with Crippen molar-refractivity contribution in [3.8, 4) is 11.6 Å². The number of pyridine rings is 1. The number of anilines is 4. The third kappa shape index (κ3) is 6.75. The summed E-state index contributed by atoms with van der Waals surface area (Å²) in [5.41, 5.74) is 4.80. The number of benzene rings is 1. The van der Waals surface area contributed by atoms with Crippen LogP contribution >= 0.6 is 0 Å². The molecule has 0 aliphatic carbocycles. The van der Waals surface area contributed by atoms with Crippen molar-refractivity contribution in [2.24, 2.45) is 0 Å². The van der Waals surface area contributed by atoms with E-state index in [2.05, 4.69) is 20.2 Å². The van der Waals surface area contributed by atoms with Gasteiger partial charge >= 0.3 is 6.09 Å². The summed E-state index contributed by atoms with van der Waals surface area (Å²) in [7, 11) is 0. The number of fused-ring (bicyclic) bond motifs is 2. The summed E-state index contributed by atoms with van der Waals surface area (Å²) in [6, 6.07) is 7.68. The first kappa shape index (κ1) is 28.9. The Bertz CT molecular complexity index is 1450. The molecule has 12 nitrogen and oxygen atoms in total. The van der Waals surface area contributed by atoms with Gasteiger partial charge in [-0.05, 0) is 63.9 Å². The summed E-state index contributed by atoms with van der Waals surface area (Å²) in [6.07, 6.45) is 4.05. The van der Waals surface area contributed by atoms with E-state index in [9.17, 15) is 4.79 Å². The van der Waals surface area contributed by atoms with E-state index in [4.69, 9.17) is 28.7 Å². The van der Waals surface area contributed by atoms with E-state index in [1.807, 2.05) is 64.4 Å². The van der Waals surface area contributed by atoms with Crippen LogP contribution in [0.4, 0.5) is 27.8 Å². The Labute approximate surface area is 251 Å². The summed E-state index contributed by atoms with van der Waals surface area (Å²) in [5, 5.41) is 3.30. The normalized spacial score (nSPS) is 18.3. The lowest BCUT2D eigenvalue weighted by molar-refractivity contribution is -0.101. The van der Waals surface area contributed by atoms with Gasteiger partial charge in [0, 0.05) is 24.0 Å². The number of carbonyl (C=O) groups is 1. The van der Waals surface area contributed by atoms with Crippen LogP contribution < -0.4 is 24.6 Å². The molecule has 2 aromatic heterocycles. The quantitative estimate of drug-likeness (QED) is 0.439. The predicted molar refractivity (Wildman–Crippen MR) is 161 cm³/mol. The van der Waals surface area contributed by atoms with Crippen molar-refractivity contribution in [2.45, 2.75) is 52.4 Å². The number of aromatic nitrogens is 3. The van der Waals surface area contributed by atoms with Crippen LogP contribution in [0.15, 0.2) is 36.7 Å². The van der Waals surface area contributed by atoms with Gasteiger partial charge in [-0.15, -0.1) is 0 Å². The second-order valence-electron chi connectivity index (χ2n) is 11.8. The lowest BCUT2D eigenvalue weighted by Gasteiger charge is -2.35. The number of rotatable bonds is 6. The highest BCUT2D eigenvalue weighted by Crippen LogP contribution is 2.39. The van der Waals surface area contributed by atoms with Crippen LogP contribution in [0.1, 0.15) is 37.6 Å². The van der Waals surface area contributed by atoms with Gasteiger partial charge in [0.2, 0.25) is 11.8 Å². The third-order valence-electron chi connectivity index (χ3n) is 7.40. The van der Waals surface area contributed by atoms with Gasteiger partial charge in [-0.2, -0.15) is 0 Å². The topological polar surface area (TPSA) is 120 Å². The Morgan fingerprint density at radius 2 is 1.93 bits per heavy atom. The first-order valence-corrected chi connectivity index (χ1v) is 14.7. The van der Waals surface area contributed by atoms with Crippen LogP contribution in [0.5, 0.6) is 11.6 Å². The summed E-state index contributed by atoms with van der Waals surface area (Å²) >= 11 is 0. The highest BCUT2D eigenvalue weighted by atomic mass is 16.6. The Hall–Kier alpha value is -4.16. The molecular formula is C31H38N6O6. The van der Waals surface area contributed by atoms with Gasteiger partial charge in [-0.25, -0.2) is 19.7 Å². The van der Waals surface area contributed by atoms with E-state index in [0.29, 0.717) is 63.6 Å². The van der Waals surface area contributed by atoms with Crippen molar-refractivity contribution in [3.63, 3.8) is 0 Å². The molecule has 3 aliphatic rings. The molecule has 3 aromatic rings. The standard InChI is InChI=1S/C31H38N6O6/c1-20-26(16-32-28-27(20)37(11-12-41-28)30(38)43-31(2,3)4)36-10-9-21-15-33-29(35-25(21)17-36)34-22-5-7-23(8-6-22)42-19-24-18-39-13-14-40-24/h5-8,15-16,24H,9-14,17-19H2,1-4H3,(H,33,34,35)/t24-/m0/s1. The first-order chi connectivity index (χ1) is 20.7.